The number of benzene rings is 1. The lowest BCUT2D eigenvalue weighted by molar-refractivity contribution is -0.130. The van der Waals surface area contributed by atoms with Crippen molar-refractivity contribution in [3.8, 4) is 0 Å². The van der Waals surface area contributed by atoms with E-state index in [0.717, 1.165) is 11.8 Å². The molecule has 0 fully saturated rings. The summed E-state index contributed by atoms with van der Waals surface area (Å²) in [6.45, 7) is 4.41. The number of amides is 1. The van der Waals surface area contributed by atoms with E-state index in [1.54, 1.807) is 24.3 Å². The highest BCUT2D eigenvalue weighted by Gasteiger charge is 2.29. The average Bonchev–Trinajstić information content (AvgIpc) is 2.43. The summed E-state index contributed by atoms with van der Waals surface area (Å²) < 4.78 is 22.7. The van der Waals surface area contributed by atoms with Gasteiger partial charge < -0.3 is 11.1 Å². The van der Waals surface area contributed by atoms with Gasteiger partial charge in [0.05, 0.1) is 10.3 Å². The Kier molecular flexibility index (Phi) is 5.30. The molecule has 1 amide bonds. The fraction of sp³-hybridized carbons (Fsp3) is 0.500. The lowest BCUT2D eigenvalue weighted by Gasteiger charge is -2.24. The first kappa shape index (κ1) is 16.7. The number of rotatable bonds is 6. The lowest BCUT2D eigenvalue weighted by Crippen LogP contribution is -2.43. The summed E-state index contributed by atoms with van der Waals surface area (Å²) >= 11 is 0. The van der Waals surface area contributed by atoms with E-state index in [9.17, 15) is 13.2 Å². The van der Waals surface area contributed by atoms with Crippen LogP contribution < -0.4 is 11.1 Å². The van der Waals surface area contributed by atoms with Crippen molar-refractivity contribution in [2.75, 3.05) is 12.8 Å². The van der Waals surface area contributed by atoms with Gasteiger partial charge in [-0.3, -0.25) is 4.79 Å². The molecule has 0 aliphatic rings. The normalized spacial score (nSPS) is 14.6. The number of carbonyl (C=O) groups is 1. The molecule has 20 heavy (non-hydrogen) atoms. The van der Waals surface area contributed by atoms with E-state index >= 15 is 0 Å². The number of sulfone groups is 1. The monoisotopic (exact) mass is 298 g/mol. The second-order valence-corrected chi connectivity index (χ2v) is 7.23. The second-order valence-electron chi connectivity index (χ2n) is 5.22. The molecule has 0 bridgehead atoms. The molecule has 1 rings (SSSR count). The van der Waals surface area contributed by atoms with Crippen molar-refractivity contribution in [1.82, 2.24) is 5.32 Å². The van der Waals surface area contributed by atoms with Crippen molar-refractivity contribution in [1.29, 1.82) is 0 Å². The molecule has 0 spiro atoms. The van der Waals surface area contributed by atoms with Crippen molar-refractivity contribution in [3.05, 3.63) is 29.8 Å². The predicted molar refractivity (Wildman–Crippen MR) is 78.9 cm³/mol. The summed E-state index contributed by atoms with van der Waals surface area (Å²) in [6, 6.07) is 6.47. The Morgan fingerprint density at radius 3 is 2.25 bits per heavy atom. The van der Waals surface area contributed by atoms with E-state index in [2.05, 4.69) is 5.32 Å². The van der Waals surface area contributed by atoms with E-state index in [4.69, 9.17) is 5.73 Å². The zero-order valence-corrected chi connectivity index (χ0v) is 13.0. The number of hydrogen-bond acceptors (Lipinski definition) is 4. The van der Waals surface area contributed by atoms with Crippen LogP contribution in [0.15, 0.2) is 29.2 Å². The average molecular weight is 298 g/mol. The van der Waals surface area contributed by atoms with Crippen molar-refractivity contribution in [2.45, 2.75) is 31.7 Å². The summed E-state index contributed by atoms with van der Waals surface area (Å²) in [5.74, 6) is -0.0883. The molecule has 1 unspecified atom stereocenters. The van der Waals surface area contributed by atoms with Gasteiger partial charge in [0.2, 0.25) is 5.91 Å². The van der Waals surface area contributed by atoms with Gasteiger partial charge in [-0.15, -0.1) is 0 Å². The molecule has 1 aromatic rings. The first-order chi connectivity index (χ1) is 9.23. The molecule has 0 saturated carbocycles. The van der Waals surface area contributed by atoms with Crippen LogP contribution in [0.5, 0.6) is 0 Å². The number of nitrogens with two attached hydrogens (primary N) is 1. The van der Waals surface area contributed by atoms with Crippen LogP contribution in [0.3, 0.4) is 0 Å². The molecule has 0 radical (unpaired) electrons. The van der Waals surface area contributed by atoms with Crippen LogP contribution in [0.1, 0.15) is 25.8 Å². The number of hydrogen-bond donors (Lipinski definition) is 2. The Balaban J connectivity index is 2.70. The Hall–Kier alpha value is -1.40. The molecule has 3 N–H and O–H groups in total. The molecule has 0 aliphatic carbocycles. The number of nitrogens with one attached hydrogen (secondary N) is 1. The lowest BCUT2D eigenvalue weighted by atomic mass is 9.86. The van der Waals surface area contributed by atoms with E-state index in [0.29, 0.717) is 19.5 Å². The maximum Gasteiger partial charge on any atom is 0.227 e. The van der Waals surface area contributed by atoms with Crippen LogP contribution in [0, 0.1) is 5.41 Å². The first-order valence-electron chi connectivity index (χ1n) is 6.50. The molecular formula is C14H22N2O3S. The minimum Gasteiger partial charge on any atom is -0.352 e. The Labute approximate surface area is 120 Å². The topological polar surface area (TPSA) is 89.3 Å². The minimum atomic E-state index is -3.19. The van der Waals surface area contributed by atoms with Crippen LogP contribution in [-0.4, -0.2) is 27.1 Å². The zero-order valence-electron chi connectivity index (χ0n) is 12.1. The van der Waals surface area contributed by atoms with E-state index in [-0.39, 0.29) is 10.8 Å². The standard InChI is InChI=1S/C14H22N2O3S/c1-4-14(2,10-15)13(17)16-9-11-5-7-12(8-6-11)20(3,18)19/h5-8H,4,9-10,15H2,1-3H3,(H,16,17). The highest BCUT2D eigenvalue weighted by molar-refractivity contribution is 7.90. The van der Waals surface area contributed by atoms with Crippen molar-refractivity contribution in [3.63, 3.8) is 0 Å². The van der Waals surface area contributed by atoms with Gasteiger partial charge in [-0.1, -0.05) is 19.1 Å². The molecule has 1 aromatic carbocycles. The van der Waals surface area contributed by atoms with Gasteiger partial charge in [0.1, 0.15) is 0 Å². The van der Waals surface area contributed by atoms with Gasteiger partial charge in [0, 0.05) is 19.3 Å². The largest absolute Gasteiger partial charge is 0.352 e. The predicted octanol–water partition coefficient (Wildman–Crippen LogP) is 1.08. The molecule has 112 valence electrons. The van der Waals surface area contributed by atoms with Gasteiger partial charge in [-0.05, 0) is 31.0 Å². The highest BCUT2D eigenvalue weighted by atomic mass is 32.2. The quantitative estimate of drug-likeness (QED) is 0.822. The molecule has 0 saturated heterocycles. The van der Waals surface area contributed by atoms with Gasteiger partial charge in [-0.25, -0.2) is 8.42 Å². The summed E-state index contributed by atoms with van der Waals surface area (Å²) in [6.07, 6.45) is 1.83. The Morgan fingerprint density at radius 2 is 1.85 bits per heavy atom. The smallest absolute Gasteiger partial charge is 0.227 e. The maximum absolute atomic E-state index is 12.0. The third kappa shape index (κ3) is 4.05. The fourth-order valence-electron chi connectivity index (χ4n) is 1.65. The van der Waals surface area contributed by atoms with Gasteiger partial charge in [-0.2, -0.15) is 0 Å². The Bertz CT molecular complexity index is 561. The Morgan fingerprint density at radius 1 is 1.30 bits per heavy atom. The van der Waals surface area contributed by atoms with E-state index in [1.807, 2.05) is 13.8 Å². The maximum atomic E-state index is 12.0. The molecule has 0 heterocycles. The molecule has 0 aromatic heterocycles. The summed E-state index contributed by atoms with van der Waals surface area (Å²) in [5.41, 5.74) is 5.91. The zero-order chi connectivity index (χ0) is 15.4. The molecular weight excluding hydrogens is 276 g/mol. The molecule has 0 aliphatic heterocycles. The fourth-order valence-corrected chi connectivity index (χ4v) is 2.28. The van der Waals surface area contributed by atoms with E-state index < -0.39 is 15.3 Å². The molecule has 5 nitrogen and oxygen atoms in total. The van der Waals surface area contributed by atoms with Gasteiger partial charge >= 0.3 is 0 Å². The first-order valence-corrected chi connectivity index (χ1v) is 8.39. The van der Waals surface area contributed by atoms with Crippen LogP contribution in [0.4, 0.5) is 0 Å². The molecule has 6 heteroatoms. The third-order valence-electron chi connectivity index (χ3n) is 3.58. The summed E-state index contributed by atoms with van der Waals surface area (Å²) in [7, 11) is -3.19. The third-order valence-corrected chi connectivity index (χ3v) is 4.71. The minimum absolute atomic E-state index is 0.0883. The van der Waals surface area contributed by atoms with Crippen molar-refractivity contribution in [2.24, 2.45) is 11.1 Å². The molecule has 1 atom stereocenters. The van der Waals surface area contributed by atoms with Gasteiger partial charge in [0.15, 0.2) is 9.84 Å². The van der Waals surface area contributed by atoms with Crippen LogP contribution in [-0.2, 0) is 21.2 Å². The number of carbonyl (C=O) groups excluding carboxylic acids is 1. The van der Waals surface area contributed by atoms with Crippen LogP contribution in [0.2, 0.25) is 0 Å². The van der Waals surface area contributed by atoms with Gasteiger partial charge in [0.25, 0.3) is 0 Å². The van der Waals surface area contributed by atoms with Crippen LogP contribution >= 0.6 is 0 Å². The highest BCUT2D eigenvalue weighted by Crippen LogP contribution is 2.19. The second kappa shape index (κ2) is 6.37. The SMILES string of the molecule is CCC(C)(CN)C(=O)NCc1ccc(S(C)(=O)=O)cc1. The van der Waals surface area contributed by atoms with Crippen molar-refractivity contribution < 1.29 is 13.2 Å². The van der Waals surface area contributed by atoms with Crippen LogP contribution in [0.25, 0.3) is 0 Å². The van der Waals surface area contributed by atoms with E-state index in [1.165, 1.54) is 0 Å². The van der Waals surface area contributed by atoms with Crippen molar-refractivity contribution >= 4 is 15.7 Å². The summed E-state index contributed by atoms with van der Waals surface area (Å²) in [4.78, 5) is 12.3. The summed E-state index contributed by atoms with van der Waals surface area (Å²) in [5, 5.41) is 2.83.